The molecule has 0 saturated heterocycles. The Morgan fingerprint density at radius 3 is 2.32 bits per heavy atom. The van der Waals surface area contributed by atoms with Crippen molar-refractivity contribution >= 4 is 5.69 Å². The van der Waals surface area contributed by atoms with Crippen molar-refractivity contribution < 1.29 is 0 Å². The molecule has 0 N–H and O–H groups in total. The number of hydrogen-bond donors (Lipinski definition) is 0. The first-order valence-electron chi connectivity index (χ1n) is 10.3. The number of anilines is 1. The molecule has 1 fully saturated rings. The van der Waals surface area contributed by atoms with Gasteiger partial charge in [0.15, 0.2) is 0 Å². The molecule has 1 heteroatoms. The van der Waals surface area contributed by atoms with Crippen LogP contribution in [-0.4, -0.2) is 12.1 Å². The summed E-state index contributed by atoms with van der Waals surface area (Å²) in [4.78, 5) is 2.76. The number of fused-ring (bicyclic) bond motifs is 3. The van der Waals surface area contributed by atoms with Crippen LogP contribution in [0.1, 0.15) is 77.8 Å². The first kappa shape index (κ1) is 17.2. The summed E-state index contributed by atoms with van der Waals surface area (Å²) in [5, 5.41) is 0. The fourth-order valence-electron chi connectivity index (χ4n) is 5.87. The summed E-state index contributed by atoms with van der Waals surface area (Å²) in [5.74, 6) is 0.822. The molecule has 1 aromatic carbocycles. The maximum atomic E-state index is 2.76. The van der Waals surface area contributed by atoms with Crippen LogP contribution >= 0.6 is 0 Å². The van der Waals surface area contributed by atoms with Crippen molar-refractivity contribution in [1.82, 2.24) is 0 Å². The van der Waals surface area contributed by atoms with Crippen LogP contribution < -0.4 is 4.90 Å². The summed E-state index contributed by atoms with van der Waals surface area (Å²) < 4.78 is 0. The minimum absolute atomic E-state index is 0.0996. The van der Waals surface area contributed by atoms with E-state index >= 15 is 0 Å². The maximum absolute atomic E-state index is 2.76. The van der Waals surface area contributed by atoms with Crippen molar-refractivity contribution in [2.24, 2.45) is 11.3 Å². The Bertz CT molecular complexity index is 718. The highest BCUT2D eigenvalue weighted by molar-refractivity contribution is 5.70. The van der Waals surface area contributed by atoms with E-state index in [2.05, 4.69) is 70.7 Å². The first-order valence-corrected chi connectivity index (χ1v) is 10.3. The largest absolute Gasteiger partial charge is 0.358 e. The minimum Gasteiger partial charge on any atom is -0.358 e. The van der Waals surface area contributed by atoms with Crippen LogP contribution in [0.4, 0.5) is 5.69 Å². The number of nitrogens with zero attached hydrogens (tertiary/aromatic N) is 1. The molecule has 4 rings (SSSR count). The Morgan fingerprint density at radius 2 is 1.64 bits per heavy atom. The van der Waals surface area contributed by atoms with Crippen LogP contribution in [0.25, 0.3) is 0 Å². The van der Waals surface area contributed by atoms with E-state index in [0.717, 1.165) is 12.5 Å². The van der Waals surface area contributed by atoms with Gasteiger partial charge in [0.1, 0.15) is 0 Å². The molecule has 0 amide bonds. The smallest absolute Gasteiger partial charge is 0.0622 e. The lowest BCUT2D eigenvalue weighted by molar-refractivity contribution is 0.102. The summed E-state index contributed by atoms with van der Waals surface area (Å²) >= 11 is 0. The van der Waals surface area contributed by atoms with Gasteiger partial charge in [0.25, 0.3) is 0 Å². The van der Waals surface area contributed by atoms with Gasteiger partial charge >= 0.3 is 0 Å². The summed E-state index contributed by atoms with van der Waals surface area (Å²) in [7, 11) is 0. The van der Waals surface area contributed by atoms with Gasteiger partial charge in [0, 0.05) is 17.6 Å². The normalized spacial score (nSPS) is 30.6. The minimum atomic E-state index is 0.0996. The van der Waals surface area contributed by atoms with Crippen molar-refractivity contribution in [3.63, 3.8) is 0 Å². The molecule has 25 heavy (non-hydrogen) atoms. The van der Waals surface area contributed by atoms with Crippen LogP contribution in [0.2, 0.25) is 0 Å². The third-order valence-corrected chi connectivity index (χ3v) is 8.51. The van der Waals surface area contributed by atoms with E-state index in [1.54, 1.807) is 5.57 Å². The van der Waals surface area contributed by atoms with E-state index in [1.807, 2.05) is 0 Å². The second-order valence-corrected chi connectivity index (χ2v) is 10.0. The molecular formula is C24H35N. The molecule has 2 aliphatic heterocycles. The molecule has 0 spiro atoms. The third-order valence-electron chi connectivity index (χ3n) is 8.51. The second kappa shape index (κ2) is 5.38. The van der Waals surface area contributed by atoms with E-state index in [1.165, 1.54) is 48.9 Å². The molecule has 0 aromatic heterocycles. The SMILES string of the molecule is Cc1cccc2c1N1CC(C3CCCCC3)=CC1(C)C(C)(C)C2(C)C. The van der Waals surface area contributed by atoms with Gasteiger partial charge in [-0.05, 0) is 54.7 Å². The maximum Gasteiger partial charge on any atom is 0.0622 e. The van der Waals surface area contributed by atoms with Gasteiger partial charge in [0.05, 0.1) is 5.54 Å². The lowest BCUT2D eigenvalue weighted by atomic mass is 9.52. The zero-order valence-electron chi connectivity index (χ0n) is 17.1. The third kappa shape index (κ3) is 2.14. The molecule has 2 heterocycles. The van der Waals surface area contributed by atoms with Crippen LogP contribution in [-0.2, 0) is 5.41 Å². The molecular weight excluding hydrogens is 302 g/mol. The van der Waals surface area contributed by atoms with Crippen LogP contribution in [0, 0.1) is 18.3 Å². The Balaban J connectivity index is 1.87. The second-order valence-electron chi connectivity index (χ2n) is 10.0. The zero-order valence-corrected chi connectivity index (χ0v) is 17.1. The quantitative estimate of drug-likeness (QED) is 0.536. The molecule has 1 nitrogen and oxygen atoms in total. The summed E-state index contributed by atoms with van der Waals surface area (Å²) in [6.45, 7) is 15.8. The Kier molecular flexibility index (Phi) is 3.70. The summed E-state index contributed by atoms with van der Waals surface area (Å²) in [6.07, 6.45) is 9.78. The molecule has 0 radical (unpaired) electrons. The summed E-state index contributed by atoms with van der Waals surface area (Å²) in [5.41, 5.74) is 6.63. The Morgan fingerprint density at radius 1 is 0.960 bits per heavy atom. The predicted octanol–water partition coefficient (Wildman–Crippen LogP) is 6.40. The molecule has 1 aromatic rings. The number of aryl methyl sites for hydroxylation is 1. The number of para-hydroxylation sites is 1. The summed E-state index contributed by atoms with van der Waals surface area (Å²) in [6, 6.07) is 6.93. The molecule has 3 aliphatic rings. The van der Waals surface area contributed by atoms with Crippen molar-refractivity contribution in [2.45, 2.75) is 84.6 Å². The number of hydrogen-bond acceptors (Lipinski definition) is 1. The topological polar surface area (TPSA) is 3.24 Å². The average molecular weight is 338 g/mol. The fraction of sp³-hybridized carbons (Fsp3) is 0.667. The van der Waals surface area contributed by atoms with Gasteiger partial charge in [-0.3, -0.25) is 0 Å². The van der Waals surface area contributed by atoms with Crippen LogP contribution in [0.5, 0.6) is 0 Å². The van der Waals surface area contributed by atoms with Crippen molar-refractivity contribution in [2.75, 3.05) is 11.4 Å². The average Bonchev–Trinajstić information content (AvgIpc) is 2.94. The van der Waals surface area contributed by atoms with E-state index < -0.39 is 0 Å². The lowest BCUT2D eigenvalue weighted by Gasteiger charge is -2.61. The highest BCUT2D eigenvalue weighted by Gasteiger charge is 2.60. The predicted molar refractivity (Wildman–Crippen MR) is 108 cm³/mol. The molecule has 1 aliphatic carbocycles. The lowest BCUT2D eigenvalue weighted by Crippen LogP contribution is -2.63. The van der Waals surface area contributed by atoms with E-state index in [0.29, 0.717) is 0 Å². The fourth-order valence-corrected chi connectivity index (χ4v) is 5.87. The van der Waals surface area contributed by atoms with E-state index in [4.69, 9.17) is 0 Å². The molecule has 0 bridgehead atoms. The highest BCUT2D eigenvalue weighted by atomic mass is 15.2. The Hall–Kier alpha value is -1.24. The first-order chi connectivity index (χ1) is 11.7. The van der Waals surface area contributed by atoms with Gasteiger partial charge in [-0.15, -0.1) is 0 Å². The van der Waals surface area contributed by atoms with Crippen LogP contribution in [0.3, 0.4) is 0 Å². The van der Waals surface area contributed by atoms with Crippen molar-refractivity contribution in [3.8, 4) is 0 Å². The molecule has 1 unspecified atom stereocenters. The van der Waals surface area contributed by atoms with E-state index in [-0.39, 0.29) is 16.4 Å². The van der Waals surface area contributed by atoms with Crippen molar-refractivity contribution in [3.05, 3.63) is 41.0 Å². The van der Waals surface area contributed by atoms with Gasteiger partial charge < -0.3 is 4.90 Å². The number of benzene rings is 1. The number of rotatable bonds is 1. The standard InChI is InChI=1S/C24H35N/c1-17-11-10-14-20-21(17)25-16-19(18-12-8-7-9-13-18)15-24(25,6)23(4,5)22(20,2)3/h10-11,14-15,18H,7-9,12-13,16H2,1-6H3. The molecule has 1 atom stereocenters. The van der Waals surface area contributed by atoms with Crippen molar-refractivity contribution in [1.29, 1.82) is 0 Å². The Labute approximate surface area is 154 Å². The molecule has 1 saturated carbocycles. The van der Waals surface area contributed by atoms with Crippen LogP contribution in [0.15, 0.2) is 29.8 Å². The van der Waals surface area contributed by atoms with E-state index in [9.17, 15) is 0 Å². The monoisotopic (exact) mass is 337 g/mol. The highest BCUT2D eigenvalue weighted by Crippen LogP contribution is 2.61. The van der Waals surface area contributed by atoms with Gasteiger partial charge in [-0.2, -0.15) is 0 Å². The van der Waals surface area contributed by atoms with Gasteiger partial charge in [-0.1, -0.05) is 71.2 Å². The molecule has 136 valence electrons. The zero-order chi connectivity index (χ0) is 18.0. The van der Waals surface area contributed by atoms with Gasteiger partial charge in [-0.25, -0.2) is 0 Å². The van der Waals surface area contributed by atoms with Gasteiger partial charge in [0.2, 0.25) is 0 Å².